The zero-order valence-corrected chi connectivity index (χ0v) is 28.4. The lowest BCUT2D eigenvalue weighted by atomic mass is 9.81. The van der Waals surface area contributed by atoms with Crippen LogP contribution in [0.2, 0.25) is 0 Å². The number of hydrogen-bond acceptors (Lipinski definition) is 6. The molecule has 46 heavy (non-hydrogen) atoms. The molecule has 1 aromatic heterocycles. The Morgan fingerprint density at radius 1 is 1.07 bits per heavy atom. The van der Waals surface area contributed by atoms with Crippen LogP contribution in [0.1, 0.15) is 83.0 Å². The van der Waals surface area contributed by atoms with E-state index in [1.54, 1.807) is 24.1 Å². The molecule has 3 aromatic rings. The van der Waals surface area contributed by atoms with Crippen LogP contribution in [0.15, 0.2) is 48.5 Å². The number of carbonyl (C=O) groups excluding carboxylic acids is 1. The molecular weight excluding hydrogens is 585 g/mol. The third kappa shape index (κ3) is 8.84. The third-order valence-corrected chi connectivity index (χ3v) is 8.50. The molecule has 2 heterocycles. The fourth-order valence-electron chi connectivity index (χ4n) is 5.73. The van der Waals surface area contributed by atoms with E-state index in [1.807, 2.05) is 52.0 Å². The molecule has 0 saturated carbocycles. The van der Waals surface area contributed by atoms with Gasteiger partial charge in [-0.05, 0) is 81.3 Å². The van der Waals surface area contributed by atoms with Crippen LogP contribution in [0.3, 0.4) is 0 Å². The van der Waals surface area contributed by atoms with Crippen molar-refractivity contribution in [1.29, 1.82) is 0 Å². The maximum atomic E-state index is 13.3. The Morgan fingerprint density at radius 2 is 1.67 bits per heavy atom. The average molecular weight is 634 g/mol. The first kappa shape index (κ1) is 34.9. The summed E-state index contributed by atoms with van der Waals surface area (Å²) >= 11 is 0. The monoisotopic (exact) mass is 633 g/mol. The second-order valence-electron chi connectivity index (χ2n) is 14.0. The number of ether oxygens (including phenoxy) is 2. The van der Waals surface area contributed by atoms with Crippen LogP contribution in [0.5, 0.6) is 5.75 Å². The molecule has 1 aliphatic rings. The van der Waals surface area contributed by atoms with Crippen molar-refractivity contribution in [1.82, 2.24) is 9.88 Å². The highest BCUT2D eigenvalue weighted by atomic mass is 19.1. The summed E-state index contributed by atoms with van der Waals surface area (Å²) in [5.74, 6) is -0.771. The molecule has 1 aliphatic heterocycles. The number of rotatable bonds is 11. The second kappa shape index (κ2) is 14.2. The number of pyridine rings is 1. The highest BCUT2D eigenvalue weighted by Gasteiger charge is 2.37. The van der Waals surface area contributed by atoms with Crippen molar-refractivity contribution in [3.05, 3.63) is 76.9 Å². The summed E-state index contributed by atoms with van der Waals surface area (Å²) in [7, 11) is 1.74. The smallest absolute Gasteiger partial charge is 0.337 e. The number of carboxylic acid groups (broad SMARTS) is 1. The summed E-state index contributed by atoms with van der Waals surface area (Å²) in [6.45, 7) is 15.6. The Bertz CT molecular complexity index is 1520. The van der Waals surface area contributed by atoms with Gasteiger partial charge in [-0.3, -0.25) is 9.78 Å². The molecule has 1 saturated heterocycles. The van der Waals surface area contributed by atoms with E-state index >= 15 is 0 Å². The van der Waals surface area contributed by atoms with Crippen molar-refractivity contribution in [3.8, 4) is 16.9 Å². The molecule has 1 N–H and O–H groups in total. The predicted octanol–water partition coefficient (Wildman–Crippen LogP) is 7.36. The molecule has 2 aromatic carbocycles. The molecule has 0 spiro atoms. The minimum atomic E-state index is -1.25. The van der Waals surface area contributed by atoms with Gasteiger partial charge in [0.1, 0.15) is 11.6 Å². The quantitative estimate of drug-likeness (QED) is 0.236. The van der Waals surface area contributed by atoms with Gasteiger partial charge in [-0.2, -0.15) is 0 Å². The van der Waals surface area contributed by atoms with Crippen LogP contribution < -0.4 is 9.64 Å². The Labute approximate surface area is 272 Å². The van der Waals surface area contributed by atoms with Gasteiger partial charge in [-0.25, -0.2) is 9.18 Å². The lowest BCUT2D eigenvalue weighted by Gasteiger charge is -2.41. The van der Waals surface area contributed by atoms with Crippen molar-refractivity contribution in [2.75, 3.05) is 31.6 Å². The van der Waals surface area contributed by atoms with Crippen molar-refractivity contribution >= 4 is 17.6 Å². The van der Waals surface area contributed by atoms with Gasteiger partial charge in [0.15, 0.2) is 6.10 Å². The van der Waals surface area contributed by atoms with Gasteiger partial charge in [0.05, 0.1) is 30.1 Å². The third-order valence-electron chi connectivity index (χ3n) is 8.50. The predicted molar refractivity (Wildman–Crippen MR) is 179 cm³/mol. The van der Waals surface area contributed by atoms with E-state index in [9.17, 15) is 19.1 Å². The second-order valence-corrected chi connectivity index (χ2v) is 14.0. The molecule has 0 bridgehead atoms. The molecule has 9 heteroatoms. The van der Waals surface area contributed by atoms with Crippen LogP contribution in [0, 0.1) is 18.2 Å². The van der Waals surface area contributed by atoms with Crippen molar-refractivity contribution in [3.63, 3.8) is 0 Å². The van der Waals surface area contributed by atoms with Crippen molar-refractivity contribution in [2.45, 2.75) is 86.0 Å². The highest BCUT2D eigenvalue weighted by molar-refractivity contribution is 5.88. The summed E-state index contributed by atoms with van der Waals surface area (Å²) in [6.07, 6.45) is 1.27. The molecule has 0 radical (unpaired) electrons. The van der Waals surface area contributed by atoms with E-state index in [1.165, 1.54) is 19.1 Å². The fourth-order valence-corrected chi connectivity index (χ4v) is 5.73. The lowest BCUT2D eigenvalue weighted by molar-refractivity contribution is -0.160. The number of amides is 1. The normalized spacial score (nSPS) is 15.4. The van der Waals surface area contributed by atoms with Crippen molar-refractivity contribution < 1.29 is 28.6 Å². The largest absolute Gasteiger partial charge is 0.493 e. The number of carbonyl (C=O) groups is 2. The minimum Gasteiger partial charge on any atom is -0.493 e. The Balaban J connectivity index is 1.83. The van der Waals surface area contributed by atoms with Gasteiger partial charge in [0, 0.05) is 50.3 Å². The van der Waals surface area contributed by atoms with Crippen LogP contribution in [-0.2, 0) is 27.3 Å². The van der Waals surface area contributed by atoms with Crippen LogP contribution in [0.25, 0.3) is 11.1 Å². The molecule has 1 fully saturated rings. The molecule has 0 aliphatic carbocycles. The number of aliphatic carboxylic acids is 1. The zero-order chi connectivity index (χ0) is 33.8. The standard InChI is InChI=1S/C37H48FN3O5/c1-24-31(34(35(43)44)46-36(3,4)5)33(41-20-18-37(6,7)19-21-41)32(30(39-24)23-40(8)25(2)42)27-11-15-29(16-12-27)45-22-17-26-9-13-28(38)14-10-26/h9-16,34H,17-23H2,1-8H3,(H,43,44)/t34-/m0/s1. The number of nitrogens with zero attached hydrogens (tertiary/aromatic N) is 3. The van der Waals surface area contributed by atoms with E-state index < -0.39 is 17.7 Å². The maximum absolute atomic E-state index is 13.3. The topological polar surface area (TPSA) is 92.2 Å². The van der Waals surface area contributed by atoms with Gasteiger partial charge in [0.25, 0.3) is 0 Å². The minimum absolute atomic E-state index is 0.0971. The number of aromatic nitrogens is 1. The molecule has 8 nitrogen and oxygen atoms in total. The van der Waals surface area contributed by atoms with Gasteiger partial charge < -0.3 is 24.4 Å². The SMILES string of the molecule is CC(=O)N(C)Cc1nc(C)c([C@H](OC(C)(C)C)C(=O)O)c(N2CCC(C)(C)CC2)c1-c1ccc(OCCc2ccc(F)cc2)cc1. The maximum Gasteiger partial charge on any atom is 0.337 e. The summed E-state index contributed by atoms with van der Waals surface area (Å²) in [4.78, 5) is 34.1. The number of benzene rings is 2. The van der Waals surface area contributed by atoms with Crippen LogP contribution >= 0.6 is 0 Å². The summed E-state index contributed by atoms with van der Waals surface area (Å²) in [5.41, 5.74) is 4.62. The fraction of sp³-hybridized carbons (Fsp3) is 0.486. The number of anilines is 1. The van der Waals surface area contributed by atoms with E-state index in [4.69, 9.17) is 14.5 Å². The molecular formula is C37H48FN3O5. The van der Waals surface area contributed by atoms with Crippen LogP contribution in [-0.4, -0.2) is 59.2 Å². The molecule has 0 unspecified atom stereocenters. The lowest BCUT2D eigenvalue weighted by Crippen LogP contribution is -2.39. The van der Waals surface area contributed by atoms with Gasteiger partial charge in [-0.1, -0.05) is 38.1 Å². The Hall–Kier alpha value is -3.98. The first-order chi connectivity index (χ1) is 21.5. The molecule has 248 valence electrons. The van der Waals surface area contributed by atoms with Gasteiger partial charge in [-0.15, -0.1) is 0 Å². The van der Waals surface area contributed by atoms with Gasteiger partial charge >= 0.3 is 5.97 Å². The zero-order valence-electron chi connectivity index (χ0n) is 28.4. The number of hydrogen-bond donors (Lipinski definition) is 1. The van der Waals surface area contributed by atoms with Crippen LogP contribution in [0.4, 0.5) is 10.1 Å². The van der Waals surface area contributed by atoms with E-state index in [0.29, 0.717) is 35.7 Å². The molecule has 1 amide bonds. The van der Waals surface area contributed by atoms with E-state index in [2.05, 4.69) is 18.7 Å². The summed E-state index contributed by atoms with van der Waals surface area (Å²) in [6, 6.07) is 14.1. The first-order valence-corrected chi connectivity index (χ1v) is 15.9. The molecule has 1 atom stereocenters. The van der Waals surface area contributed by atoms with Gasteiger partial charge in [0.2, 0.25) is 5.91 Å². The summed E-state index contributed by atoms with van der Waals surface area (Å²) < 4.78 is 25.5. The average Bonchev–Trinajstić information content (AvgIpc) is 2.97. The Morgan fingerprint density at radius 3 is 2.22 bits per heavy atom. The number of piperidine rings is 1. The van der Waals surface area contributed by atoms with Crippen molar-refractivity contribution in [2.24, 2.45) is 5.41 Å². The first-order valence-electron chi connectivity index (χ1n) is 15.9. The van der Waals surface area contributed by atoms with E-state index in [-0.39, 0.29) is 23.7 Å². The number of carboxylic acids is 1. The highest BCUT2D eigenvalue weighted by Crippen LogP contribution is 2.45. The van der Waals surface area contributed by atoms with E-state index in [0.717, 1.165) is 48.3 Å². The number of aryl methyl sites for hydroxylation is 1. The summed E-state index contributed by atoms with van der Waals surface area (Å²) in [5, 5.41) is 10.5. The number of halogens is 1. The molecule has 4 rings (SSSR count). The Kier molecular flexibility index (Phi) is 10.8.